The Hall–Kier alpha value is -0.620. The number of carbonyl (C=O) groups excluding carboxylic acids is 1. The highest BCUT2D eigenvalue weighted by Crippen LogP contribution is 2.39. The maximum absolute atomic E-state index is 11.9. The van der Waals surface area contributed by atoms with Crippen LogP contribution in [0.5, 0.6) is 0 Å². The molecule has 6 heteroatoms. The van der Waals surface area contributed by atoms with Gasteiger partial charge in [-0.1, -0.05) is 13.8 Å². The zero-order chi connectivity index (χ0) is 15.0. The predicted molar refractivity (Wildman–Crippen MR) is 79.2 cm³/mol. The predicted octanol–water partition coefficient (Wildman–Crippen LogP) is 0.611. The second-order valence-electron chi connectivity index (χ2n) is 7.01. The molecule has 2 fully saturated rings. The zero-order valence-electron chi connectivity index (χ0n) is 12.8. The fraction of sp³-hybridized carbons (Fsp3) is 0.929. The minimum absolute atomic E-state index is 0.0108. The molecule has 5 nitrogen and oxygen atoms in total. The summed E-state index contributed by atoms with van der Waals surface area (Å²) < 4.78 is 22.2. The third-order valence-electron chi connectivity index (χ3n) is 4.23. The molecule has 0 aromatic rings. The van der Waals surface area contributed by atoms with Crippen LogP contribution in [-0.2, 0) is 14.6 Å². The fourth-order valence-corrected chi connectivity index (χ4v) is 3.87. The first kappa shape index (κ1) is 15.8. The summed E-state index contributed by atoms with van der Waals surface area (Å²) in [6.07, 6.45) is 2.47. The Bertz CT molecular complexity index is 467. The molecule has 0 atom stereocenters. The van der Waals surface area contributed by atoms with E-state index >= 15 is 0 Å². The maximum Gasteiger partial charge on any atom is 0.223 e. The van der Waals surface area contributed by atoms with Gasteiger partial charge >= 0.3 is 0 Å². The van der Waals surface area contributed by atoms with Gasteiger partial charge in [0.15, 0.2) is 0 Å². The van der Waals surface area contributed by atoms with Gasteiger partial charge in [0.2, 0.25) is 5.91 Å². The van der Waals surface area contributed by atoms with Crippen LogP contribution in [-0.4, -0.2) is 68.9 Å². The number of sulfone groups is 1. The minimum Gasteiger partial charge on any atom is -0.341 e. The Morgan fingerprint density at radius 2 is 1.90 bits per heavy atom. The van der Waals surface area contributed by atoms with Gasteiger partial charge in [-0.15, -0.1) is 0 Å². The van der Waals surface area contributed by atoms with Crippen molar-refractivity contribution in [1.29, 1.82) is 0 Å². The molecule has 20 heavy (non-hydrogen) atoms. The molecule has 2 heterocycles. The molecule has 0 aromatic heterocycles. The molecule has 2 rings (SSSR count). The van der Waals surface area contributed by atoms with Crippen molar-refractivity contribution in [3.05, 3.63) is 0 Å². The van der Waals surface area contributed by atoms with Crippen molar-refractivity contribution in [2.45, 2.75) is 26.7 Å². The maximum atomic E-state index is 11.9. The van der Waals surface area contributed by atoms with Crippen LogP contribution in [0.2, 0.25) is 0 Å². The molecular weight excluding hydrogens is 276 g/mol. The number of amides is 1. The van der Waals surface area contributed by atoms with Gasteiger partial charge in [-0.2, -0.15) is 0 Å². The molecule has 0 saturated carbocycles. The standard InChI is InChI=1S/C14H26N2O3S/c1-12(2)8-15-6-5-14(9-15)10-16(11-14)13(17)4-7-20(3,18)19/h12H,4-11H2,1-3H3. The third kappa shape index (κ3) is 3.95. The van der Waals surface area contributed by atoms with Gasteiger partial charge in [-0.25, -0.2) is 8.42 Å². The average Bonchev–Trinajstić information content (AvgIpc) is 2.66. The smallest absolute Gasteiger partial charge is 0.223 e. The SMILES string of the molecule is CC(C)CN1CCC2(C1)CN(C(=O)CCS(C)(=O)=O)C2. The van der Waals surface area contributed by atoms with Crippen molar-refractivity contribution in [2.24, 2.45) is 11.3 Å². The summed E-state index contributed by atoms with van der Waals surface area (Å²) in [6.45, 7) is 9.42. The van der Waals surface area contributed by atoms with Crippen LogP contribution in [0.25, 0.3) is 0 Å². The van der Waals surface area contributed by atoms with Crippen molar-refractivity contribution in [2.75, 3.05) is 44.7 Å². The molecule has 1 spiro atoms. The van der Waals surface area contributed by atoms with Crippen LogP contribution >= 0.6 is 0 Å². The Balaban J connectivity index is 1.76. The second kappa shape index (κ2) is 5.64. The lowest BCUT2D eigenvalue weighted by Crippen LogP contribution is -2.59. The lowest BCUT2D eigenvalue weighted by Gasteiger charge is -2.48. The van der Waals surface area contributed by atoms with Crippen molar-refractivity contribution >= 4 is 15.7 Å². The van der Waals surface area contributed by atoms with E-state index < -0.39 is 9.84 Å². The summed E-state index contributed by atoms with van der Waals surface area (Å²) in [4.78, 5) is 16.2. The van der Waals surface area contributed by atoms with E-state index in [0.29, 0.717) is 5.92 Å². The lowest BCUT2D eigenvalue weighted by atomic mass is 9.79. The van der Waals surface area contributed by atoms with Crippen LogP contribution in [0.15, 0.2) is 0 Å². The molecule has 1 amide bonds. The highest BCUT2D eigenvalue weighted by atomic mass is 32.2. The molecule has 0 aromatic carbocycles. The lowest BCUT2D eigenvalue weighted by molar-refractivity contribution is -0.142. The summed E-state index contributed by atoms with van der Waals surface area (Å²) in [5.74, 6) is 0.635. The fourth-order valence-electron chi connectivity index (χ4n) is 3.33. The molecule has 2 aliphatic heterocycles. The Morgan fingerprint density at radius 1 is 1.25 bits per heavy atom. The molecule has 2 aliphatic rings. The quantitative estimate of drug-likeness (QED) is 0.747. The van der Waals surface area contributed by atoms with Gasteiger partial charge in [0, 0.05) is 44.3 Å². The highest BCUT2D eigenvalue weighted by molar-refractivity contribution is 7.90. The first-order chi connectivity index (χ1) is 9.19. The molecule has 0 radical (unpaired) electrons. The van der Waals surface area contributed by atoms with Crippen LogP contribution in [0.1, 0.15) is 26.7 Å². The van der Waals surface area contributed by atoms with E-state index in [1.165, 1.54) is 6.26 Å². The van der Waals surface area contributed by atoms with Crippen molar-refractivity contribution < 1.29 is 13.2 Å². The summed E-state index contributed by atoms with van der Waals surface area (Å²) in [5, 5.41) is 0. The number of likely N-dealkylation sites (tertiary alicyclic amines) is 2. The summed E-state index contributed by atoms with van der Waals surface area (Å²) >= 11 is 0. The summed E-state index contributed by atoms with van der Waals surface area (Å²) in [7, 11) is -3.04. The van der Waals surface area contributed by atoms with Crippen LogP contribution in [0.4, 0.5) is 0 Å². The second-order valence-corrected chi connectivity index (χ2v) is 9.27. The molecule has 0 N–H and O–H groups in total. The van der Waals surface area contributed by atoms with E-state index in [-0.39, 0.29) is 23.5 Å². The van der Waals surface area contributed by atoms with E-state index in [9.17, 15) is 13.2 Å². The minimum atomic E-state index is -3.04. The van der Waals surface area contributed by atoms with E-state index in [2.05, 4.69) is 18.7 Å². The molecule has 0 unspecified atom stereocenters. The Labute approximate surface area is 122 Å². The monoisotopic (exact) mass is 302 g/mol. The van der Waals surface area contributed by atoms with E-state index in [4.69, 9.17) is 0 Å². The van der Waals surface area contributed by atoms with Crippen molar-refractivity contribution in [3.63, 3.8) is 0 Å². The van der Waals surface area contributed by atoms with E-state index in [1.807, 2.05) is 4.90 Å². The van der Waals surface area contributed by atoms with Crippen molar-refractivity contribution in [1.82, 2.24) is 9.80 Å². The van der Waals surface area contributed by atoms with Gasteiger partial charge in [-0.05, 0) is 18.9 Å². The van der Waals surface area contributed by atoms with Crippen LogP contribution in [0.3, 0.4) is 0 Å². The van der Waals surface area contributed by atoms with Crippen molar-refractivity contribution in [3.8, 4) is 0 Å². The molecule has 116 valence electrons. The van der Waals surface area contributed by atoms with Gasteiger partial charge in [0.05, 0.1) is 5.75 Å². The molecule has 2 saturated heterocycles. The summed E-state index contributed by atoms with van der Waals surface area (Å²) in [5.41, 5.74) is 0.287. The van der Waals surface area contributed by atoms with Gasteiger partial charge in [-0.3, -0.25) is 4.79 Å². The van der Waals surface area contributed by atoms with Crippen LogP contribution < -0.4 is 0 Å². The zero-order valence-corrected chi connectivity index (χ0v) is 13.6. The third-order valence-corrected chi connectivity index (χ3v) is 5.18. The Kier molecular flexibility index (Phi) is 4.44. The number of rotatable bonds is 5. The van der Waals surface area contributed by atoms with Gasteiger partial charge in [0.25, 0.3) is 0 Å². The average molecular weight is 302 g/mol. The number of hydrogen-bond acceptors (Lipinski definition) is 4. The van der Waals surface area contributed by atoms with E-state index in [0.717, 1.165) is 39.1 Å². The topological polar surface area (TPSA) is 57.7 Å². The van der Waals surface area contributed by atoms with Crippen LogP contribution in [0, 0.1) is 11.3 Å². The number of carbonyl (C=O) groups is 1. The first-order valence-corrected chi connectivity index (χ1v) is 9.43. The first-order valence-electron chi connectivity index (χ1n) is 7.37. The Morgan fingerprint density at radius 3 is 2.45 bits per heavy atom. The van der Waals surface area contributed by atoms with Gasteiger partial charge in [0.1, 0.15) is 9.84 Å². The molecular formula is C14H26N2O3S. The summed E-state index contributed by atoms with van der Waals surface area (Å²) in [6, 6.07) is 0. The molecule has 0 bridgehead atoms. The largest absolute Gasteiger partial charge is 0.341 e. The van der Waals surface area contributed by atoms with E-state index in [1.54, 1.807) is 0 Å². The molecule has 0 aliphatic carbocycles. The number of nitrogens with zero attached hydrogens (tertiary/aromatic N) is 2. The normalized spacial score (nSPS) is 22.5. The highest BCUT2D eigenvalue weighted by Gasteiger charge is 2.48. The number of hydrogen-bond donors (Lipinski definition) is 0. The van der Waals surface area contributed by atoms with Gasteiger partial charge < -0.3 is 9.80 Å².